The molecule has 0 unspecified atom stereocenters. The number of halogens is 1. The lowest BCUT2D eigenvalue weighted by atomic mass is 10.2. The minimum atomic E-state index is -3.66. The van der Waals surface area contributed by atoms with Crippen molar-refractivity contribution in [1.29, 1.82) is 0 Å². The summed E-state index contributed by atoms with van der Waals surface area (Å²) in [6.45, 7) is 1.01. The van der Waals surface area contributed by atoms with Crippen LogP contribution in [0.3, 0.4) is 0 Å². The number of carbonyl (C=O) groups excluding carboxylic acids is 1. The molecule has 1 N–H and O–H groups in total. The lowest BCUT2D eigenvalue weighted by Crippen LogP contribution is -2.32. The highest BCUT2D eigenvalue weighted by Crippen LogP contribution is 2.28. The summed E-state index contributed by atoms with van der Waals surface area (Å²) >= 11 is 3.39. The summed E-state index contributed by atoms with van der Waals surface area (Å²) in [7, 11) is -2.21. The van der Waals surface area contributed by atoms with Crippen LogP contribution in [0.1, 0.15) is 36.0 Å². The van der Waals surface area contributed by atoms with Gasteiger partial charge in [-0.1, -0.05) is 25.0 Å². The number of rotatable bonds is 5. The quantitative estimate of drug-likeness (QED) is 0.713. The lowest BCUT2D eigenvalue weighted by molar-refractivity contribution is 0.102. The van der Waals surface area contributed by atoms with Gasteiger partial charge in [0.05, 0.1) is 23.3 Å². The molecule has 2 aromatic rings. The van der Waals surface area contributed by atoms with Crippen molar-refractivity contribution in [2.24, 2.45) is 0 Å². The van der Waals surface area contributed by atoms with Crippen molar-refractivity contribution in [3.05, 3.63) is 52.5 Å². The predicted octanol–water partition coefficient (Wildman–Crippen LogP) is 4.27. The zero-order valence-electron chi connectivity index (χ0n) is 15.7. The molecular weight excluding hydrogens is 444 g/mol. The van der Waals surface area contributed by atoms with Crippen molar-refractivity contribution in [2.75, 3.05) is 25.5 Å². The van der Waals surface area contributed by atoms with Gasteiger partial charge in [-0.05, 0) is 59.1 Å². The number of benzene rings is 2. The molecular formula is C20H23BrN2O4S. The van der Waals surface area contributed by atoms with Crippen LogP contribution in [0.2, 0.25) is 0 Å². The number of amides is 1. The van der Waals surface area contributed by atoms with E-state index in [-0.39, 0.29) is 10.5 Å². The Morgan fingerprint density at radius 2 is 1.75 bits per heavy atom. The fourth-order valence-corrected chi connectivity index (χ4v) is 5.14. The third-order valence-corrected chi connectivity index (χ3v) is 7.33. The molecule has 6 nitrogen and oxygen atoms in total. The molecule has 3 rings (SSSR count). The van der Waals surface area contributed by atoms with Gasteiger partial charge in [0.2, 0.25) is 10.0 Å². The molecule has 8 heteroatoms. The molecule has 0 aliphatic carbocycles. The number of ether oxygens (including phenoxy) is 1. The molecule has 0 aromatic heterocycles. The zero-order chi connectivity index (χ0) is 20.1. The highest BCUT2D eigenvalue weighted by atomic mass is 79.9. The van der Waals surface area contributed by atoms with Gasteiger partial charge in [-0.3, -0.25) is 4.79 Å². The number of nitrogens with one attached hydrogen (secondary N) is 1. The first-order valence-corrected chi connectivity index (χ1v) is 11.4. The molecule has 28 heavy (non-hydrogen) atoms. The average molecular weight is 467 g/mol. The van der Waals surface area contributed by atoms with Gasteiger partial charge < -0.3 is 10.1 Å². The second-order valence-corrected chi connectivity index (χ2v) is 9.41. The van der Waals surface area contributed by atoms with Crippen LogP contribution in [0.25, 0.3) is 0 Å². The smallest absolute Gasteiger partial charge is 0.259 e. The summed E-state index contributed by atoms with van der Waals surface area (Å²) in [6.07, 6.45) is 3.78. The Bertz CT molecular complexity index is 954. The van der Waals surface area contributed by atoms with E-state index in [1.54, 1.807) is 12.1 Å². The number of methoxy groups -OCH3 is 1. The van der Waals surface area contributed by atoms with E-state index in [2.05, 4.69) is 21.2 Å². The number of para-hydroxylation sites is 1. The third-order valence-electron chi connectivity index (χ3n) is 4.74. The van der Waals surface area contributed by atoms with Crippen LogP contribution in [-0.2, 0) is 10.0 Å². The first kappa shape index (κ1) is 20.8. The first-order valence-electron chi connectivity index (χ1n) is 9.17. The summed E-state index contributed by atoms with van der Waals surface area (Å²) < 4.78 is 33.7. The summed E-state index contributed by atoms with van der Waals surface area (Å²) in [5.74, 6) is -0.115. The minimum Gasteiger partial charge on any atom is -0.496 e. The Morgan fingerprint density at radius 1 is 1.07 bits per heavy atom. The summed E-state index contributed by atoms with van der Waals surface area (Å²) in [4.78, 5) is 12.9. The van der Waals surface area contributed by atoms with E-state index < -0.39 is 15.9 Å². The Morgan fingerprint density at radius 3 is 2.39 bits per heavy atom. The summed E-state index contributed by atoms with van der Waals surface area (Å²) in [5, 5.41) is 2.80. The predicted molar refractivity (Wildman–Crippen MR) is 112 cm³/mol. The van der Waals surface area contributed by atoms with E-state index in [4.69, 9.17) is 4.74 Å². The number of sulfonamides is 1. The van der Waals surface area contributed by atoms with E-state index >= 15 is 0 Å². The normalized spacial score (nSPS) is 15.6. The fourth-order valence-electron chi connectivity index (χ4n) is 3.21. The molecule has 1 amide bonds. The standard InChI is InChI=1S/C20H23BrN2O4S/c1-27-19-11-10-15(28(25,26)23-12-6-2-3-7-13-23)14-16(19)20(24)22-18-9-5-4-8-17(18)21/h4-5,8-11,14H,2-3,6-7,12-13H2,1H3,(H,22,24). The molecule has 0 spiro atoms. The van der Waals surface area contributed by atoms with Crippen LogP contribution < -0.4 is 10.1 Å². The molecule has 0 radical (unpaired) electrons. The molecule has 150 valence electrons. The number of hydrogen-bond donors (Lipinski definition) is 1. The highest BCUT2D eigenvalue weighted by molar-refractivity contribution is 9.10. The maximum atomic E-state index is 13.1. The third kappa shape index (κ3) is 4.56. The Balaban J connectivity index is 1.93. The van der Waals surface area contributed by atoms with E-state index in [1.807, 2.05) is 12.1 Å². The van der Waals surface area contributed by atoms with E-state index in [9.17, 15) is 13.2 Å². The van der Waals surface area contributed by atoms with Crippen molar-refractivity contribution in [3.63, 3.8) is 0 Å². The van der Waals surface area contributed by atoms with Crippen LogP contribution in [0.15, 0.2) is 51.8 Å². The van der Waals surface area contributed by atoms with E-state index in [0.29, 0.717) is 24.5 Å². The Kier molecular flexibility index (Phi) is 6.74. The largest absolute Gasteiger partial charge is 0.496 e. The van der Waals surface area contributed by atoms with Crippen molar-refractivity contribution >= 4 is 37.5 Å². The van der Waals surface area contributed by atoms with Gasteiger partial charge >= 0.3 is 0 Å². The van der Waals surface area contributed by atoms with Gasteiger partial charge in [-0.25, -0.2) is 8.42 Å². The Hall–Kier alpha value is -1.90. The van der Waals surface area contributed by atoms with Crippen LogP contribution in [0.5, 0.6) is 5.75 Å². The molecule has 1 heterocycles. The van der Waals surface area contributed by atoms with Crippen LogP contribution in [0.4, 0.5) is 5.69 Å². The molecule has 0 saturated carbocycles. The van der Waals surface area contributed by atoms with Gasteiger partial charge in [0, 0.05) is 17.6 Å². The topological polar surface area (TPSA) is 75.7 Å². The fraction of sp³-hybridized carbons (Fsp3) is 0.350. The molecule has 1 aliphatic rings. The zero-order valence-corrected chi connectivity index (χ0v) is 18.1. The van der Waals surface area contributed by atoms with E-state index in [0.717, 1.165) is 30.2 Å². The Labute approximate surface area is 174 Å². The maximum Gasteiger partial charge on any atom is 0.259 e. The second kappa shape index (κ2) is 9.07. The minimum absolute atomic E-state index is 0.104. The van der Waals surface area contributed by atoms with Gasteiger partial charge in [-0.2, -0.15) is 4.31 Å². The summed E-state index contributed by atoms with van der Waals surface area (Å²) in [5.41, 5.74) is 0.768. The second-order valence-electron chi connectivity index (χ2n) is 6.61. The van der Waals surface area contributed by atoms with Crippen LogP contribution >= 0.6 is 15.9 Å². The molecule has 0 atom stereocenters. The number of carbonyl (C=O) groups is 1. The van der Waals surface area contributed by atoms with Crippen molar-refractivity contribution in [2.45, 2.75) is 30.6 Å². The van der Waals surface area contributed by atoms with Crippen molar-refractivity contribution in [1.82, 2.24) is 4.31 Å². The van der Waals surface area contributed by atoms with Gasteiger partial charge in [-0.15, -0.1) is 0 Å². The molecule has 1 fully saturated rings. The number of hydrogen-bond acceptors (Lipinski definition) is 4. The SMILES string of the molecule is COc1ccc(S(=O)(=O)N2CCCCCC2)cc1C(=O)Nc1ccccc1Br. The lowest BCUT2D eigenvalue weighted by Gasteiger charge is -2.20. The van der Waals surface area contributed by atoms with Crippen LogP contribution in [-0.4, -0.2) is 38.8 Å². The first-order chi connectivity index (χ1) is 13.4. The molecule has 2 aromatic carbocycles. The molecule has 1 saturated heterocycles. The summed E-state index contributed by atoms with van der Waals surface area (Å²) in [6, 6.07) is 11.6. The van der Waals surface area contributed by atoms with Crippen molar-refractivity contribution < 1.29 is 17.9 Å². The number of nitrogens with zero attached hydrogens (tertiary/aromatic N) is 1. The van der Waals surface area contributed by atoms with Gasteiger partial charge in [0.1, 0.15) is 5.75 Å². The maximum absolute atomic E-state index is 13.1. The highest BCUT2D eigenvalue weighted by Gasteiger charge is 2.27. The number of anilines is 1. The molecule has 1 aliphatic heterocycles. The monoisotopic (exact) mass is 466 g/mol. The average Bonchev–Trinajstić information content (AvgIpc) is 2.99. The van der Waals surface area contributed by atoms with Crippen LogP contribution in [0, 0.1) is 0 Å². The van der Waals surface area contributed by atoms with Gasteiger partial charge in [0.25, 0.3) is 5.91 Å². The van der Waals surface area contributed by atoms with E-state index in [1.165, 1.54) is 29.6 Å². The molecule has 0 bridgehead atoms. The van der Waals surface area contributed by atoms with Crippen molar-refractivity contribution in [3.8, 4) is 5.75 Å². The van der Waals surface area contributed by atoms with Gasteiger partial charge in [0.15, 0.2) is 0 Å².